The van der Waals surface area contributed by atoms with Gasteiger partial charge in [0.25, 0.3) is 0 Å². The van der Waals surface area contributed by atoms with Gasteiger partial charge >= 0.3 is 0 Å². The lowest BCUT2D eigenvalue weighted by molar-refractivity contribution is -0.118. The number of aryl methyl sites for hydroxylation is 1. The van der Waals surface area contributed by atoms with Gasteiger partial charge in [-0.2, -0.15) is 0 Å². The van der Waals surface area contributed by atoms with Crippen LogP contribution in [0.3, 0.4) is 0 Å². The van der Waals surface area contributed by atoms with Crippen LogP contribution in [-0.2, 0) is 15.0 Å². The molecule has 142 valence electrons. The minimum absolute atomic E-state index is 0.0517. The maximum atomic E-state index is 13.0. The average molecular weight is 374 g/mol. The van der Waals surface area contributed by atoms with Gasteiger partial charge in [-0.05, 0) is 55.2 Å². The van der Waals surface area contributed by atoms with E-state index in [1.54, 1.807) is 19.3 Å². The minimum atomic E-state index is -0.501. The van der Waals surface area contributed by atoms with E-state index < -0.39 is 5.41 Å². The normalized spacial score (nSPS) is 17.1. The van der Waals surface area contributed by atoms with E-state index in [1.807, 2.05) is 49.4 Å². The summed E-state index contributed by atoms with van der Waals surface area (Å²) >= 11 is 0. The molecular formula is C23H22N2O3. The highest BCUT2D eigenvalue weighted by Gasteiger charge is 2.51. The Morgan fingerprint density at radius 1 is 1.14 bits per heavy atom. The number of ketones is 1. The zero-order chi connectivity index (χ0) is 19.7. The summed E-state index contributed by atoms with van der Waals surface area (Å²) in [6, 6.07) is 11.4. The number of hydrogen-bond acceptors (Lipinski definition) is 4. The first kappa shape index (κ1) is 18.2. The van der Waals surface area contributed by atoms with E-state index in [-0.39, 0.29) is 11.7 Å². The van der Waals surface area contributed by atoms with Gasteiger partial charge in [-0.1, -0.05) is 30.4 Å². The molecule has 1 aromatic carbocycles. The van der Waals surface area contributed by atoms with Crippen LogP contribution < -0.4 is 10.1 Å². The number of ether oxygens (including phenoxy) is 1. The Bertz CT molecular complexity index is 999. The van der Waals surface area contributed by atoms with E-state index in [0.717, 1.165) is 41.0 Å². The van der Waals surface area contributed by atoms with Crippen LogP contribution in [0.2, 0.25) is 0 Å². The highest BCUT2D eigenvalue weighted by atomic mass is 16.5. The van der Waals surface area contributed by atoms with E-state index in [0.29, 0.717) is 12.2 Å². The van der Waals surface area contributed by atoms with Crippen molar-refractivity contribution in [2.24, 2.45) is 0 Å². The van der Waals surface area contributed by atoms with Gasteiger partial charge in [-0.3, -0.25) is 9.59 Å². The lowest BCUT2D eigenvalue weighted by Crippen LogP contribution is -2.28. The van der Waals surface area contributed by atoms with Gasteiger partial charge in [-0.25, -0.2) is 4.98 Å². The van der Waals surface area contributed by atoms with E-state index in [4.69, 9.17) is 4.74 Å². The first-order valence-corrected chi connectivity index (χ1v) is 9.37. The summed E-state index contributed by atoms with van der Waals surface area (Å²) in [5.41, 5.74) is 2.94. The van der Waals surface area contributed by atoms with Crippen LogP contribution in [0.25, 0.3) is 5.57 Å². The van der Waals surface area contributed by atoms with E-state index >= 15 is 0 Å². The molecule has 0 unspecified atom stereocenters. The lowest BCUT2D eigenvalue weighted by atomic mass is 9.95. The predicted octanol–water partition coefficient (Wildman–Crippen LogP) is 3.98. The summed E-state index contributed by atoms with van der Waals surface area (Å²) in [5.74, 6) is 1.28. The molecule has 2 aliphatic rings. The number of methoxy groups -OCH3 is 1. The van der Waals surface area contributed by atoms with Crippen molar-refractivity contribution in [3.63, 3.8) is 0 Å². The number of nitrogens with one attached hydrogen (secondary N) is 1. The maximum absolute atomic E-state index is 13.0. The van der Waals surface area contributed by atoms with Crippen LogP contribution in [0.15, 0.2) is 54.6 Å². The van der Waals surface area contributed by atoms with Crippen LogP contribution in [0, 0.1) is 6.92 Å². The molecule has 1 fully saturated rings. The molecule has 0 atom stereocenters. The summed E-state index contributed by atoms with van der Waals surface area (Å²) in [7, 11) is 1.62. The molecule has 2 aliphatic carbocycles. The van der Waals surface area contributed by atoms with Crippen molar-refractivity contribution in [2.75, 3.05) is 12.4 Å². The number of pyridine rings is 1. The van der Waals surface area contributed by atoms with Crippen LogP contribution in [0.5, 0.6) is 5.75 Å². The van der Waals surface area contributed by atoms with Gasteiger partial charge < -0.3 is 10.1 Å². The van der Waals surface area contributed by atoms with Gasteiger partial charge in [-0.15, -0.1) is 0 Å². The van der Waals surface area contributed by atoms with Gasteiger partial charge in [0.1, 0.15) is 11.6 Å². The number of nitrogens with zero attached hydrogens (tertiary/aromatic N) is 1. The number of allylic oxidation sites excluding steroid dienone is 4. The third-order valence-electron chi connectivity index (χ3n) is 5.37. The van der Waals surface area contributed by atoms with Gasteiger partial charge in [0.05, 0.1) is 18.2 Å². The zero-order valence-electron chi connectivity index (χ0n) is 16.0. The number of aromatic nitrogens is 1. The van der Waals surface area contributed by atoms with Crippen molar-refractivity contribution < 1.29 is 14.3 Å². The zero-order valence-corrected chi connectivity index (χ0v) is 16.0. The van der Waals surface area contributed by atoms with Crippen molar-refractivity contribution in [3.8, 4) is 5.75 Å². The predicted molar refractivity (Wildman–Crippen MR) is 108 cm³/mol. The standard InChI is InChI=1S/C23H22N2O3/c1-15-6-11-20(24-21(15)16-4-3-5-18(26)14-16)25-22(27)23(12-13-23)17-7-9-19(28-2)10-8-17/h3-4,6-11,14H,5,12-13H2,1-2H3,(H,24,25,27). The number of rotatable bonds is 5. The molecule has 2 aromatic rings. The maximum Gasteiger partial charge on any atom is 0.236 e. The fourth-order valence-electron chi connectivity index (χ4n) is 3.54. The molecule has 0 radical (unpaired) electrons. The summed E-state index contributed by atoms with van der Waals surface area (Å²) < 4.78 is 5.20. The topological polar surface area (TPSA) is 68.3 Å². The van der Waals surface area contributed by atoms with Gasteiger partial charge in [0, 0.05) is 12.0 Å². The van der Waals surface area contributed by atoms with E-state index in [1.165, 1.54) is 0 Å². The highest BCUT2D eigenvalue weighted by Crippen LogP contribution is 2.49. The third kappa shape index (κ3) is 3.36. The second-order valence-corrected chi connectivity index (χ2v) is 7.30. The number of benzene rings is 1. The van der Waals surface area contributed by atoms with Crippen LogP contribution in [0.1, 0.15) is 36.1 Å². The number of hydrogen-bond donors (Lipinski definition) is 1. The van der Waals surface area contributed by atoms with Crippen molar-refractivity contribution in [2.45, 2.75) is 31.6 Å². The van der Waals surface area contributed by atoms with Crippen LogP contribution in [0.4, 0.5) is 5.82 Å². The Kier molecular flexibility index (Phi) is 4.59. The van der Waals surface area contributed by atoms with Crippen molar-refractivity contribution in [3.05, 3.63) is 71.4 Å². The Hall–Kier alpha value is -3.21. The number of amides is 1. The van der Waals surface area contributed by atoms with E-state index in [9.17, 15) is 9.59 Å². The molecular weight excluding hydrogens is 352 g/mol. The lowest BCUT2D eigenvalue weighted by Gasteiger charge is -2.17. The van der Waals surface area contributed by atoms with Crippen LogP contribution >= 0.6 is 0 Å². The fourth-order valence-corrected chi connectivity index (χ4v) is 3.54. The first-order chi connectivity index (χ1) is 13.5. The van der Waals surface area contributed by atoms with E-state index in [2.05, 4.69) is 10.3 Å². The van der Waals surface area contributed by atoms with Gasteiger partial charge in [0.2, 0.25) is 5.91 Å². The smallest absolute Gasteiger partial charge is 0.236 e. The van der Waals surface area contributed by atoms with Crippen molar-refractivity contribution in [1.82, 2.24) is 4.98 Å². The molecule has 1 heterocycles. The molecule has 1 aromatic heterocycles. The molecule has 28 heavy (non-hydrogen) atoms. The van der Waals surface area contributed by atoms with Gasteiger partial charge in [0.15, 0.2) is 5.78 Å². The van der Waals surface area contributed by atoms with Crippen molar-refractivity contribution >= 4 is 23.1 Å². The van der Waals surface area contributed by atoms with Crippen molar-refractivity contribution in [1.29, 1.82) is 0 Å². The molecule has 5 heteroatoms. The Labute approximate surface area is 164 Å². The molecule has 4 rings (SSSR count). The SMILES string of the molecule is COc1ccc(C2(C(=O)Nc3ccc(C)c(C4=CC(=O)CC=C4)n3)CC2)cc1. The fraction of sp³-hybridized carbons (Fsp3) is 0.261. The highest BCUT2D eigenvalue weighted by molar-refractivity contribution is 6.03. The average Bonchev–Trinajstić information content (AvgIpc) is 3.51. The molecule has 0 bridgehead atoms. The Morgan fingerprint density at radius 3 is 2.54 bits per heavy atom. The second-order valence-electron chi connectivity index (χ2n) is 7.30. The molecule has 0 saturated heterocycles. The quantitative estimate of drug-likeness (QED) is 0.859. The Morgan fingerprint density at radius 2 is 1.89 bits per heavy atom. The number of carbonyl (C=O) groups excluding carboxylic acids is 2. The number of anilines is 1. The van der Waals surface area contributed by atoms with Crippen LogP contribution in [-0.4, -0.2) is 23.8 Å². The summed E-state index contributed by atoms with van der Waals surface area (Å²) in [6.07, 6.45) is 7.40. The largest absolute Gasteiger partial charge is 0.497 e. The second kappa shape index (κ2) is 7.08. The molecule has 5 nitrogen and oxygen atoms in total. The molecule has 1 N–H and O–H groups in total. The molecule has 0 spiro atoms. The monoisotopic (exact) mass is 374 g/mol. The summed E-state index contributed by atoms with van der Waals surface area (Å²) in [5, 5.41) is 2.97. The molecule has 0 aliphatic heterocycles. The number of carbonyl (C=O) groups is 2. The minimum Gasteiger partial charge on any atom is -0.497 e. The first-order valence-electron chi connectivity index (χ1n) is 9.37. The Balaban J connectivity index is 1.57. The summed E-state index contributed by atoms with van der Waals surface area (Å²) in [4.78, 5) is 29.3. The summed E-state index contributed by atoms with van der Waals surface area (Å²) in [6.45, 7) is 1.95. The third-order valence-corrected chi connectivity index (χ3v) is 5.37. The molecule has 1 amide bonds. The molecule has 1 saturated carbocycles.